The molecule has 1 unspecified atom stereocenters. The number of carbonyl (C=O) groups is 1. The topological polar surface area (TPSA) is 92.8 Å². The van der Waals surface area contributed by atoms with E-state index >= 15 is 0 Å². The first-order chi connectivity index (χ1) is 17.5. The minimum atomic E-state index is -0.705. The van der Waals surface area contributed by atoms with E-state index in [-0.39, 0.29) is 19.0 Å². The number of hydrogen-bond acceptors (Lipinski definition) is 6. The zero-order valence-corrected chi connectivity index (χ0v) is 20.8. The van der Waals surface area contributed by atoms with Gasteiger partial charge < -0.3 is 29.6 Å². The van der Waals surface area contributed by atoms with E-state index in [2.05, 4.69) is 10.3 Å². The summed E-state index contributed by atoms with van der Waals surface area (Å²) in [6.45, 7) is 2.62. The molecule has 0 saturated carbocycles. The van der Waals surface area contributed by atoms with Gasteiger partial charge in [0, 0.05) is 64.1 Å². The molecule has 0 spiro atoms. The average molecular weight is 507 g/mol. The van der Waals surface area contributed by atoms with Gasteiger partial charge in [-0.25, -0.2) is 0 Å². The second-order valence-electron chi connectivity index (χ2n) is 8.72. The molecular formula is C28H27ClN2O5. The molecule has 0 fully saturated rings. The van der Waals surface area contributed by atoms with Gasteiger partial charge in [-0.15, -0.1) is 0 Å². The number of methoxy groups -OCH3 is 1. The summed E-state index contributed by atoms with van der Waals surface area (Å²) in [6.07, 6.45) is 2.58. The summed E-state index contributed by atoms with van der Waals surface area (Å²) in [5.41, 5.74) is 4.88. The molecule has 5 rings (SSSR count). The number of halogens is 1. The largest absolute Gasteiger partial charge is 0.497 e. The second-order valence-corrected chi connectivity index (χ2v) is 9.15. The van der Waals surface area contributed by atoms with Crippen molar-refractivity contribution in [3.8, 4) is 17.2 Å². The number of fused-ring (bicyclic) bond motifs is 2. The molecule has 36 heavy (non-hydrogen) atoms. The predicted octanol–water partition coefficient (Wildman–Crippen LogP) is 5.48. The maximum atomic E-state index is 14.1. The molecule has 3 aromatic carbocycles. The number of Topliss-reactive ketones (excluding diaryl/α,β-unsaturated/α-hetero) is 1. The highest BCUT2D eigenvalue weighted by Gasteiger charge is 2.27. The Balaban J connectivity index is 1.57. The molecule has 2 heterocycles. The van der Waals surface area contributed by atoms with Crippen LogP contribution in [0, 0.1) is 6.92 Å². The van der Waals surface area contributed by atoms with Crippen LogP contribution in [0.1, 0.15) is 33.1 Å². The van der Waals surface area contributed by atoms with Gasteiger partial charge in [-0.1, -0.05) is 17.7 Å². The summed E-state index contributed by atoms with van der Waals surface area (Å²) in [4.78, 5) is 17.4. The molecule has 0 aliphatic carbocycles. The number of benzene rings is 3. The molecule has 186 valence electrons. The molecule has 1 atom stereocenters. The van der Waals surface area contributed by atoms with Crippen LogP contribution in [0.3, 0.4) is 0 Å². The molecule has 8 heteroatoms. The SMILES string of the molecule is COc1cc(NC(C(=O)c2c[nH]c3cc4c(cc23)CCO4)c2ccc(Cl)cc2C)cc(OCCO)c1. The van der Waals surface area contributed by atoms with E-state index in [1.54, 1.807) is 37.6 Å². The second kappa shape index (κ2) is 10.1. The lowest BCUT2D eigenvalue weighted by Crippen LogP contribution is -2.22. The lowest BCUT2D eigenvalue weighted by atomic mass is 9.93. The van der Waals surface area contributed by atoms with Crippen LogP contribution in [0.2, 0.25) is 5.02 Å². The van der Waals surface area contributed by atoms with Crippen molar-refractivity contribution in [2.45, 2.75) is 19.4 Å². The van der Waals surface area contributed by atoms with E-state index in [9.17, 15) is 4.79 Å². The first kappa shape index (κ1) is 24.0. The van der Waals surface area contributed by atoms with Gasteiger partial charge in [-0.2, -0.15) is 0 Å². The number of anilines is 1. The molecule has 0 saturated heterocycles. The molecule has 0 radical (unpaired) electrons. The normalized spacial score (nSPS) is 13.2. The van der Waals surface area contributed by atoms with Crippen LogP contribution < -0.4 is 19.5 Å². The fraction of sp³-hybridized carbons (Fsp3) is 0.250. The smallest absolute Gasteiger partial charge is 0.191 e. The number of hydrogen-bond donors (Lipinski definition) is 3. The number of aromatic nitrogens is 1. The number of carbonyl (C=O) groups excluding carboxylic acids is 1. The molecular weight excluding hydrogens is 480 g/mol. The number of aromatic amines is 1. The first-order valence-corrected chi connectivity index (χ1v) is 12.1. The number of aryl methyl sites for hydroxylation is 1. The highest BCUT2D eigenvalue weighted by atomic mass is 35.5. The predicted molar refractivity (Wildman–Crippen MR) is 140 cm³/mol. The van der Waals surface area contributed by atoms with Crippen molar-refractivity contribution in [2.75, 3.05) is 32.2 Å². The number of H-pyrrole nitrogens is 1. The number of ketones is 1. The van der Waals surface area contributed by atoms with E-state index in [1.807, 2.05) is 31.2 Å². The van der Waals surface area contributed by atoms with Gasteiger partial charge in [-0.05, 0) is 41.8 Å². The average Bonchev–Trinajstić information content (AvgIpc) is 3.50. The summed E-state index contributed by atoms with van der Waals surface area (Å²) in [5.74, 6) is 1.85. The van der Waals surface area contributed by atoms with Crippen molar-refractivity contribution in [3.63, 3.8) is 0 Å². The van der Waals surface area contributed by atoms with E-state index in [0.717, 1.165) is 39.8 Å². The van der Waals surface area contributed by atoms with Crippen LogP contribution >= 0.6 is 11.6 Å². The summed E-state index contributed by atoms with van der Waals surface area (Å²) in [7, 11) is 1.56. The Hall–Kier alpha value is -3.68. The van der Waals surface area contributed by atoms with Crippen molar-refractivity contribution in [1.29, 1.82) is 0 Å². The number of aliphatic hydroxyl groups is 1. The van der Waals surface area contributed by atoms with Crippen molar-refractivity contribution >= 4 is 34.0 Å². The van der Waals surface area contributed by atoms with Gasteiger partial charge >= 0.3 is 0 Å². The lowest BCUT2D eigenvalue weighted by Gasteiger charge is -2.22. The van der Waals surface area contributed by atoms with Crippen molar-refractivity contribution in [3.05, 3.63) is 82.0 Å². The number of aliphatic hydroxyl groups excluding tert-OH is 1. The third kappa shape index (κ3) is 4.72. The van der Waals surface area contributed by atoms with E-state index in [0.29, 0.717) is 34.4 Å². The fourth-order valence-electron chi connectivity index (χ4n) is 4.59. The maximum Gasteiger partial charge on any atom is 0.191 e. The molecule has 0 amide bonds. The highest BCUT2D eigenvalue weighted by molar-refractivity contribution is 6.30. The summed E-state index contributed by atoms with van der Waals surface area (Å²) < 4.78 is 16.7. The number of rotatable bonds is 9. The molecule has 1 aliphatic rings. The van der Waals surface area contributed by atoms with Gasteiger partial charge in [0.1, 0.15) is 29.9 Å². The summed E-state index contributed by atoms with van der Waals surface area (Å²) in [5, 5.41) is 14.0. The minimum Gasteiger partial charge on any atom is -0.497 e. The van der Waals surface area contributed by atoms with Crippen LogP contribution in [0.4, 0.5) is 5.69 Å². The standard InChI is InChI=1S/C28H27ClN2O5/c1-16-9-18(29)3-4-22(16)27(31-19-11-20(34-2)13-21(12-19)35-8-6-32)28(33)24-15-30-25-14-26-17(5-7-36-26)10-23(24)25/h3-4,9-15,27,30-32H,5-8H2,1-2H3. The van der Waals surface area contributed by atoms with Crippen LogP contribution in [0.5, 0.6) is 17.2 Å². The quantitative estimate of drug-likeness (QED) is 0.260. The van der Waals surface area contributed by atoms with Crippen molar-refractivity contribution in [1.82, 2.24) is 4.98 Å². The van der Waals surface area contributed by atoms with Crippen molar-refractivity contribution in [2.24, 2.45) is 0 Å². The van der Waals surface area contributed by atoms with Crippen molar-refractivity contribution < 1.29 is 24.1 Å². The monoisotopic (exact) mass is 506 g/mol. The third-order valence-corrected chi connectivity index (χ3v) is 6.58. The zero-order valence-electron chi connectivity index (χ0n) is 20.1. The van der Waals surface area contributed by atoms with Crippen LogP contribution in [0.25, 0.3) is 10.9 Å². The van der Waals surface area contributed by atoms with Crippen LogP contribution in [-0.2, 0) is 6.42 Å². The van der Waals surface area contributed by atoms with E-state index in [4.69, 9.17) is 30.9 Å². The third-order valence-electron chi connectivity index (χ3n) is 6.35. The zero-order chi connectivity index (χ0) is 25.2. The molecule has 1 aliphatic heterocycles. The molecule has 1 aromatic heterocycles. The molecule has 7 nitrogen and oxygen atoms in total. The van der Waals surface area contributed by atoms with Gasteiger partial charge in [0.2, 0.25) is 0 Å². The first-order valence-electron chi connectivity index (χ1n) is 11.7. The molecule has 0 bridgehead atoms. The Morgan fingerprint density at radius 1 is 1.19 bits per heavy atom. The Bertz CT molecular complexity index is 1430. The van der Waals surface area contributed by atoms with Crippen LogP contribution in [-0.4, -0.2) is 42.8 Å². The lowest BCUT2D eigenvalue weighted by molar-refractivity contribution is 0.0971. The van der Waals surface area contributed by atoms with E-state index in [1.165, 1.54) is 0 Å². The van der Waals surface area contributed by atoms with Gasteiger partial charge in [0.15, 0.2) is 5.78 Å². The maximum absolute atomic E-state index is 14.1. The van der Waals surface area contributed by atoms with Crippen LogP contribution in [0.15, 0.2) is 54.7 Å². The molecule has 4 aromatic rings. The van der Waals surface area contributed by atoms with Gasteiger partial charge in [0.25, 0.3) is 0 Å². The summed E-state index contributed by atoms with van der Waals surface area (Å²) in [6, 6.07) is 14.1. The Morgan fingerprint density at radius 2 is 2.03 bits per heavy atom. The summed E-state index contributed by atoms with van der Waals surface area (Å²) >= 11 is 6.23. The molecule has 3 N–H and O–H groups in total. The minimum absolute atomic E-state index is 0.0915. The Labute approximate surface area is 213 Å². The Kier molecular flexibility index (Phi) is 6.76. The highest BCUT2D eigenvalue weighted by Crippen LogP contribution is 2.36. The number of nitrogens with one attached hydrogen (secondary N) is 2. The fourth-order valence-corrected chi connectivity index (χ4v) is 4.82. The Morgan fingerprint density at radius 3 is 2.81 bits per heavy atom. The van der Waals surface area contributed by atoms with Gasteiger partial charge in [-0.3, -0.25) is 4.79 Å². The van der Waals surface area contributed by atoms with E-state index < -0.39 is 6.04 Å². The van der Waals surface area contributed by atoms with Gasteiger partial charge in [0.05, 0.1) is 20.3 Å². The number of ether oxygens (including phenoxy) is 3.